The standard InChI is InChI=1S/C31H32N2.C25H28N2.C21H28N2.C19H24N2.C16H20N2.5CH4/c1-23-13-9-12-20-28(23)32-24(2)29-21-22-31(26-16-5-3-6-17-26,27-18-7-4-8-19-27)33(29)30(32)25-14-10-11-15-25;1-18-10-6-9-15-22(18)26-19(2)23-16-17-24(20-11-4-3-5-12-20)27(23)25(26)21-13-7-8-14-21;1-16-9-7-8-12-19(16)22-15-23-20(17(22)2)13-14-21(23,3)18-10-5-4-6-11-18;1-14-8-3-6-11-17(14)21-15(2)18-12-7-13-20(18)19(21)16-9-4-5-10-16;1-12-7-5-6-8-14(12)17-11-18-15(13(17)2)9-10-16(18,3)4;;;;;/h3-9,12-13,16-22,25,30H,10-11,14-15H2,1-2H3;3-6,9-12,15-17,21,24-25H,7-8,13-14H2,1-2H3;7-9,12-14,18H,4-6,10-11,15H2,1-3H3;3,6-8,11-12,16,19H,4-5,9-10,13H2,1-2H3;5-10H,11H2,1-4H3;5*1H4/i;24D;15D;13D2;11D;;;;;. The van der Waals surface area contributed by atoms with Crippen molar-refractivity contribution in [3.63, 3.8) is 0 Å². The lowest BCUT2D eigenvalue weighted by atomic mass is 9.75. The third-order valence-corrected chi connectivity index (χ3v) is 29.6. The van der Waals surface area contributed by atoms with Gasteiger partial charge in [0, 0.05) is 63.4 Å². The molecule has 10 aliphatic heterocycles. The van der Waals surface area contributed by atoms with Gasteiger partial charge in [-0.25, -0.2) is 0 Å². The fourth-order valence-electron chi connectivity index (χ4n) is 23.0. The Hall–Kier alpha value is -10.8. The second kappa shape index (κ2) is 39.4. The Morgan fingerprint density at radius 2 is 0.701 bits per heavy atom. The summed E-state index contributed by atoms with van der Waals surface area (Å²) >= 11 is 0. The van der Waals surface area contributed by atoms with Gasteiger partial charge >= 0.3 is 0 Å². The van der Waals surface area contributed by atoms with Gasteiger partial charge in [0.25, 0.3) is 0 Å². The van der Waals surface area contributed by atoms with Gasteiger partial charge in [-0.3, -0.25) is 0 Å². The summed E-state index contributed by atoms with van der Waals surface area (Å²) in [5.74, 6) is 2.42. The molecule has 0 radical (unpaired) electrons. The van der Waals surface area contributed by atoms with Crippen molar-refractivity contribution in [2.45, 2.75) is 277 Å². The van der Waals surface area contributed by atoms with E-state index < -0.39 is 12.5 Å². The average molecular weight is 1700 g/mol. The van der Waals surface area contributed by atoms with Crippen LogP contribution in [0.4, 0.5) is 28.4 Å². The largest absolute Gasteiger partial charge is 0.345 e. The molecule has 127 heavy (non-hydrogen) atoms. The lowest BCUT2D eigenvalue weighted by Crippen LogP contribution is -2.53. The van der Waals surface area contributed by atoms with Crippen molar-refractivity contribution in [1.29, 1.82) is 0 Å². The van der Waals surface area contributed by atoms with Gasteiger partial charge in [0.1, 0.15) is 24.0 Å². The Morgan fingerprint density at radius 3 is 1.17 bits per heavy atom. The SMILES string of the molecule is C.C.C.C.C.CC1=C2C=CC(c3ccccc3)(c3ccccc3)N2C(C2CCCC2)N1c1ccccc1C.[2H]C1([2H])C=CC2=C(C)N(c3ccccc3C)C(C3CCCC3)N21.[2H]C1(c2ccccc2)C=CC2=C(C)N(c3ccccc3C)C(C3CCCC3)N21.[2H]C1N(c2ccccc2C)C(C)=C2C=CC(C)(C)N21.[2H]C1N(c2ccccc2C)C(C)=C2C=CC(C)(C3CCCCC3)N21. The van der Waals surface area contributed by atoms with Gasteiger partial charge in [-0.2, -0.15) is 0 Å². The molecule has 4 fully saturated rings. The van der Waals surface area contributed by atoms with E-state index in [2.05, 4.69) is 365 Å². The quantitative estimate of drug-likeness (QED) is 0.118. The zero-order chi connectivity index (χ0) is 88.6. The van der Waals surface area contributed by atoms with E-state index in [0.29, 0.717) is 29.8 Å². The number of para-hydroxylation sites is 5. The topological polar surface area (TPSA) is 32.4 Å². The molecule has 8 aromatic rings. The Kier molecular flexibility index (Phi) is 27.0. The number of aryl methyl sites for hydroxylation is 5. The molecule has 22 rings (SSSR count). The van der Waals surface area contributed by atoms with Gasteiger partial charge in [-0.05, 0) is 276 Å². The van der Waals surface area contributed by atoms with Gasteiger partial charge in [-0.15, -0.1) is 0 Å². The molecule has 670 valence electrons. The average Bonchev–Trinajstić information content (AvgIpc) is 1.54. The number of hydrogen-bond acceptors (Lipinski definition) is 10. The van der Waals surface area contributed by atoms with Crippen LogP contribution in [0.3, 0.4) is 0 Å². The van der Waals surface area contributed by atoms with Gasteiger partial charge in [0.05, 0.1) is 65.7 Å². The van der Waals surface area contributed by atoms with E-state index in [9.17, 15) is 1.37 Å². The van der Waals surface area contributed by atoms with E-state index in [1.807, 2.05) is 41.3 Å². The van der Waals surface area contributed by atoms with Crippen molar-refractivity contribution >= 4 is 28.4 Å². The Morgan fingerprint density at radius 1 is 0.331 bits per heavy atom. The van der Waals surface area contributed by atoms with Crippen LogP contribution < -0.4 is 24.5 Å². The lowest BCUT2D eigenvalue weighted by Gasteiger charge is -2.47. The maximum Gasteiger partial charge on any atom is 0.112 e. The van der Waals surface area contributed by atoms with Crippen LogP contribution in [-0.4, -0.2) is 73.9 Å². The Bertz CT molecular complexity index is 5680. The summed E-state index contributed by atoms with van der Waals surface area (Å²) in [6, 6.07) is 74.4. The molecule has 4 saturated carbocycles. The first-order chi connectivity index (χ1) is 61.3. The van der Waals surface area contributed by atoms with Crippen LogP contribution in [0.15, 0.2) is 330 Å². The number of allylic oxidation sites excluding steroid dienone is 10. The fourth-order valence-corrected chi connectivity index (χ4v) is 23.0. The number of nitrogens with zero attached hydrogens (tertiary/aromatic N) is 10. The van der Waals surface area contributed by atoms with Crippen LogP contribution in [-0.2, 0) is 5.54 Å². The number of benzene rings is 8. The second-order valence-corrected chi connectivity index (χ2v) is 37.4. The highest BCUT2D eigenvalue weighted by Crippen LogP contribution is 2.57. The van der Waals surface area contributed by atoms with Crippen molar-refractivity contribution in [3.05, 3.63) is 375 Å². The maximum atomic E-state index is 9.52. The van der Waals surface area contributed by atoms with Crippen molar-refractivity contribution < 1.29 is 6.85 Å². The van der Waals surface area contributed by atoms with Gasteiger partial charge in [0.2, 0.25) is 0 Å². The second-order valence-electron chi connectivity index (χ2n) is 37.4. The molecule has 0 spiro atoms. The molecular formula is C117H152N10. The minimum atomic E-state index is -1.39. The van der Waals surface area contributed by atoms with Crippen molar-refractivity contribution in [2.75, 3.05) is 44.3 Å². The number of hydrogen-bond donors (Lipinski definition) is 0. The summed E-state index contributed by atoms with van der Waals surface area (Å²) in [6.07, 6.45) is 44.3. The smallest absolute Gasteiger partial charge is 0.112 e. The van der Waals surface area contributed by atoms with Crippen LogP contribution in [0.25, 0.3) is 0 Å². The van der Waals surface area contributed by atoms with E-state index in [4.69, 9.17) is 5.48 Å². The molecule has 0 aromatic heterocycles. The van der Waals surface area contributed by atoms with Crippen LogP contribution in [0, 0.1) is 58.3 Å². The van der Waals surface area contributed by atoms with E-state index >= 15 is 0 Å². The van der Waals surface area contributed by atoms with E-state index in [1.165, 1.54) is 211 Å². The minimum Gasteiger partial charge on any atom is -0.345 e. The minimum absolute atomic E-state index is 0. The molecule has 10 heteroatoms. The third kappa shape index (κ3) is 17.0. The predicted octanol–water partition coefficient (Wildman–Crippen LogP) is 30.0. The van der Waals surface area contributed by atoms with E-state index in [0.717, 1.165) is 28.3 Å². The first kappa shape index (κ1) is 86.9. The molecule has 10 heterocycles. The third-order valence-electron chi connectivity index (χ3n) is 29.6. The van der Waals surface area contributed by atoms with Crippen molar-refractivity contribution in [1.82, 2.24) is 24.5 Å². The Balaban J connectivity index is 0.000000140. The van der Waals surface area contributed by atoms with Crippen LogP contribution in [0.2, 0.25) is 0 Å². The molecule has 0 saturated heterocycles. The normalized spacial score (nSPS) is 25.9. The first-order valence-corrected chi connectivity index (χ1v) is 46.0. The lowest BCUT2D eigenvalue weighted by molar-refractivity contribution is 0.122. The van der Waals surface area contributed by atoms with Crippen molar-refractivity contribution in [2.24, 2.45) is 23.7 Å². The molecule has 0 N–H and O–H groups in total. The predicted molar refractivity (Wildman–Crippen MR) is 544 cm³/mol. The number of rotatable bonds is 12. The molecule has 8 aromatic carbocycles. The number of fused-ring (bicyclic) bond motifs is 5. The van der Waals surface area contributed by atoms with E-state index in [-0.39, 0.29) is 79.4 Å². The zero-order valence-electron chi connectivity index (χ0n) is 79.7. The molecule has 14 aliphatic rings. The van der Waals surface area contributed by atoms with Crippen molar-refractivity contribution in [3.8, 4) is 0 Å². The number of anilines is 5. The highest BCUT2D eigenvalue weighted by atomic mass is 15.5. The van der Waals surface area contributed by atoms with Gasteiger partial charge in [0.15, 0.2) is 0 Å². The molecular weight excluding hydrogens is 1550 g/mol. The summed E-state index contributed by atoms with van der Waals surface area (Å²) in [5.41, 5.74) is 28.0. The summed E-state index contributed by atoms with van der Waals surface area (Å²) in [5, 5.41) is 0. The Labute approximate surface area is 775 Å². The zero-order valence-corrected chi connectivity index (χ0v) is 74.7. The summed E-state index contributed by atoms with van der Waals surface area (Å²) in [4.78, 5) is 23.6. The summed E-state index contributed by atoms with van der Waals surface area (Å²) in [7, 11) is 0. The summed E-state index contributed by atoms with van der Waals surface area (Å²) < 4.78 is 44.0. The van der Waals surface area contributed by atoms with Crippen LogP contribution in [0.1, 0.15) is 259 Å². The molecule has 7 unspecified atom stereocenters. The monoisotopic (exact) mass is 1700 g/mol. The fraction of sp³-hybridized carbons (Fsp3) is 0.419. The highest BCUT2D eigenvalue weighted by Gasteiger charge is 2.55. The van der Waals surface area contributed by atoms with Crippen LogP contribution >= 0.6 is 0 Å². The highest BCUT2D eigenvalue weighted by molar-refractivity contribution is 5.69. The van der Waals surface area contributed by atoms with E-state index in [1.54, 1.807) is 6.08 Å². The molecule has 7 atom stereocenters. The molecule has 10 nitrogen and oxygen atoms in total. The first-order valence-electron chi connectivity index (χ1n) is 48.7. The molecule has 4 aliphatic carbocycles. The molecule has 0 amide bonds. The summed E-state index contributed by atoms with van der Waals surface area (Å²) in [6.45, 7) is 26.3. The van der Waals surface area contributed by atoms with Crippen LogP contribution in [0.5, 0.6) is 0 Å². The van der Waals surface area contributed by atoms with Gasteiger partial charge in [-0.1, -0.05) is 301 Å². The van der Waals surface area contributed by atoms with Gasteiger partial charge < -0.3 is 49.0 Å². The molecule has 0 bridgehead atoms. The maximum absolute atomic E-state index is 9.52.